The summed E-state index contributed by atoms with van der Waals surface area (Å²) in [5, 5.41) is 22.6. The first-order valence-electron chi connectivity index (χ1n) is 4.87. The van der Waals surface area contributed by atoms with Crippen LogP contribution in [0.4, 0.5) is 0 Å². The minimum Gasteiger partial charge on any atom is -0.396 e. The molecule has 3 N–H and O–H groups in total. The van der Waals surface area contributed by atoms with Crippen molar-refractivity contribution in [3.05, 3.63) is 11.8 Å². The number of carbonyl (C=O) groups excluding carboxylic acids is 1. The summed E-state index contributed by atoms with van der Waals surface area (Å²) in [6, 6.07) is 1.81. The number of carbonyl (C=O) groups is 1. The second-order valence-corrected chi connectivity index (χ2v) is 3.33. The van der Waals surface area contributed by atoms with Crippen molar-refractivity contribution in [3.8, 4) is 6.07 Å². The van der Waals surface area contributed by atoms with Crippen molar-refractivity contribution in [2.24, 2.45) is 0 Å². The molecule has 0 aromatic heterocycles. The van der Waals surface area contributed by atoms with Crippen LogP contribution in [0.5, 0.6) is 0 Å². The predicted molar refractivity (Wildman–Crippen MR) is 56.7 cm³/mol. The summed E-state index contributed by atoms with van der Waals surface area (Å²) in [5.74, 6) is -0.385. The number of rotatable bonds is 6. The van der Waals surface area contributed by atoms with Crippen LogP contribution >= 0.6 is 0 Å². The molecule has 0 saturated heterocycles. The highest BCUT2D eigenvalue weighted by Crippen LogP contribution is 1.92. The van der Waals surface area contributed by atoms with E-state index in [-0.39, 0.29) is 24.1 Å². The first kappa shape index (κ1) is 13.5. The number of nitrogens with zero attached hydrogens (tertiary/aromatic N) is 1. The molecular weight excluding hydrogens is 194 g/mol. The number of aliphatic hydroxyl groups is 1. The molecule has 0 bridgehead atoms. The molecule has 5 heteroatoms. The lowest BCUT2D eigenvalue weighted by molar-refractivity contribution is -0.117. The zero-order chi connectivity index (χ0) is 11.7. The maximum Gasteiger partial charge on any atom is 0.263 e. The van der Waals surface area contributed by atoms with Crippen molar-refractivity contribution in [2.75, 3.05) is 13.2 Å². The van der Waals surface area contributed by atoms with Gasteiger partial charge in [-0.15, -0.1) is 0 Å². The van der Waals surface area contributed by atoms with Crippen LogP contribution in [0.3, 0.4) is 0 Å². The molecule has 15 heavy (non-hydrogen) atoms. The summed E-state index contributed by atoms with van der Waals surface area (Å²) in [4.78, 5) is 11.4. The van der Waals surface area contributed by atoms with Gasteiger partial charge in [-0.3, -0.25) is 4.79 Å². The van der Waals surface area contributed by atoms with Gasteiger partial charge in [0.1, 0.15) is 11.6 Å². The van der Waals surface area contributed by atoms with Crippen LogP contribution < -0.4 is 10.6 Å². The molecule has 0 aromatic rings. The SMILES string of the molecule is CC(C)NC(=O)/C(C#N)=C\NCCCO. The smallest absolute Gasteiger partial charge is 0.263 e. The van der Waals surface area contributed by atoms with Crippen LogP contribution in [0.1, 0.15) is 20.3 Å². The highest BCUT2D eigenvalue weighted by atomic mass is 16.3. The van der Waals surface area contributed by atoms with E-state index < -0.39 is 0 Å². The molecule has 1 amide bonds. The van der Waals surface area contributed by atoms with E-state index in [4.69, 9.17) is 10.4 Å². The molecule has 0 aliphatic rings. The summed E-state index contributed by atoms with van der Waals surface area (Å²) in [6.45, 7) is 4.27. The molecule has 0 aromatic carbocycles. The third-order valence-corrected chi connectivity index (χ3v) is 1.51. The third kappa shape index (κ3) is 6.52. The maximum atomic E-state index is 11.4. The Morgan fingerprint density at radius 3 is 2.73 bits per heavy atom. The first-order valence-corrected chi connectivity index (χ1v) is 4.87. The number of nitrogens with one attached hydrogen (secondary N) is 2. The van der Waals surface area contributed by atoms with Crippen LogP contribution in [-0.2, 0) is 4.79 Å². The van der Waals surface area contributed by atoms with Gasteiger partial charge in [0.2, 0.25) is 0 Å². The van der Waals surface area contributed by atoms with E-state index in [0.29, 0.717) is 13.0 Å². The molecule has 0 heterocycles. The summed E-state index contributed by atoms with van der Waals surface area (Å²) < 4.78 is 0. The van der Waals surface area contributed by atoms with Gasteiger partial charge in [-0.2, -0.15) is 5.26 Å². The molecule has 0 spiro atoms. The van der Waals surface area contributed by atoms with E-state index in [1.165, 1.54) is 6.20 Å². The monoisotopic (exact) mass is 211 g/mol. The Balaban J connectivity index is 4.11. The van der Waals surface area contributed by atoms with Gasteiger partial charge in [-0.25, -0.2) is 0 Å². The fraction of sp³-hybridized carbons (Fsp3) is 0.600. The van der Waals surface area contributed by atoms with E-state index in [2.05, 4.69) is 10.6 Å². The Kier molecular flexibility index (Phi) is 7.02. The van der Waals surface area contributed by atoms with Gasteiger partial charge in [0, 0.05) is 25.4 Å². The van der Waals surface area contributed by atoms with E-state index in [0.717, 1.165) is 0 Å². The Morgan fingerprint density at radius 2 is 2.27 bits per heavy atom. The second-order valence-electron chi connectivity index (χ2n) is 3.33. The average Bonchev–Trinajstić information content (AvgIpc) is 2.16. The van der Waals surface area contributed by atoms with Gasteiger partial charge in [0.05, 0.1) is 0 Å². The van der Waals surface area contributed by atoms with Gasteiger partial charge in [-0.05, 0) is 20.3 Å². The molecule has 0 fully saturated rings. The molecule has 0 radical (unpaired) electrons. The van der Waals surface area contributed by atoms with Crippen molar-refractivity contribution >= 4 is 5.91 Å². The highest BCUT2D eigenvalue weighted by molar-refractivity contribution is 5.97. The molecule has 0 aliphatic carbocycles. The number of hydrogen-bond acceptors (Lipinski definition) is 4. The summed E-state index contributed by atoms with van der Waals surface area (Å²) in [5.41, 5.74) is 0.0432. The zero-order valence-electron chi connectivity index (χ0n) is 9.08. The Bertz CT molecular complexity index is 266. The number of amides is 1. The lowest BCUT2D eigenvalue weighted by Crippen LogP contribution is -2.31. The quantitative estimate of drug-likeness (QED) is 0.325. The highest BCUT2D eigenvalue weighted by Gasteiger charge is 2.08. The summed E-state index contributed by atoms with van der Waals surface area (Å²) in [6.07, 6.45) is 1.95. The van der Waals surface area contributed by atoms with E-state index in [9.17, 15) is 4.79 Å². The first-order chi connectivity index (χ1) is 7.11. The van der Waals surface area contributed by atoms with Gasteiger partial charge in [0.25, 0.3) is 5.91 Å². The molecule has 0 unspecified atom stereocenters. The van der Waals surface area contributed by atoms with Crippen molar-refractivity contribution in [3.63, 3.8) is 0 Å². The van der Waals surface area contributed by atoms with Gasteiger partial charge in [0.15, 0.2) is 0 Å². The minimum atomic E-state index is -0.385. The van der Waals surface area contributed by atoms with Crippen LogP contribution in [-0.4, -0.2) is 30.2 Å². The minimum absolute atomic E-state index is 0.00620. The van der Waals surface area contributed by atoms with E-state index in [1.807, 2.05) is 19.9 Å². The fourth-order valence-electron chi connectivity index (χ4n) is 0.844. The zero-order valence-corrected chi connectivity index (χ0v) is 9.08. The standard InChI is InChI=1S/C10H17N3O2/c1-8(2)13-10(15)9(6-11)7-12-4-3-5-14/h7-8,12,14H,3-5H2,1-2H3,(H,13,15)/b9-7-. The fourth-order valence-corrected chi connectivity index (χ4v) is 0.844. The molecule has 0 aliphatic heterocycles. The van der Waals surface area contributed by atoms with Crippen LogP contribution in [0.25, 0.3) is 0 Å². The topological polar surface area (TPSA) is 85.2 Å². The molecule has 0 saturated carbocycles. The Labute approximate surface area is 89.8 Å². The third-order valence-electron chi connectivity index (χ3n) is 1.51. The Hall–Kier alpha value is -1.54. The summed E-state index contributed by atoms with van der Waals surface area (Å²) >= 11 is 0. The Morgan fingerprint density at radius 1 is 1.60 bits per heavy atom. The van der Waals surface area contributed by atoms with Gasteiger partial charge >= 0.3 is 0 Å². The maximum absolute atomic E-state index is 11.4. The number of nitriles is 1. The lowest BCUT2D eigenvalue weighted by atomic mass is 10.2. The van der Waals surface area contributed by atoms with Crippen LogP contribution in [0.2, 0.25) is 0 Å². The van der Waals surface area contributed by atoms with E-state index >= 15 is 0 Å². The lowest BCUT2D eigenvalue weighted by Gasteiger charge is -2.07. The normalized spacial score (nSPS) is 11.0. The van der Waals surface area contributed by atoms with Crippen molar-refractivity contribution in [1.29, 1.82) is 5.26 Å². The molecule has 0 rings (SSSR count). The average molecular weight is 211 g/mol. The van der Waals surface area contributed by atoms with Crippen molar-refractivity contribution < 1.29 is 9.90 Å². The second kappa shape index (κ2) is 7.83. The van der Waals surface area contributed by atoms with Gasteiger partial charge in [-0.1, -0.05) is 0 Å². The van der Waals surface area contributed by atoms with Crippen LogP contribution in [0.15, 0.2) is 11.8 Å². The molecule has 0 atom stereocenters. The van der Waals surface area contributed by atoms with Gasteiger partial charge < -0.3 is 15.7 Å². The number of aliphatic hydroxyl groups excluding tert-OH is 1. The number of hydrogen-bond donors (Lipinski definition) is 3. The molecular formula is C10H17N3O2. The molecule has 84 valence electrons. The van der Waals surface area contributed by atoms with Crippen LogP contribution in [0, 0.1) is 11.3 Å². The summed E-state index contributed by atoms with van der Waals surface area (Å²) in [7, 11) is 0. The van der Waals surface area contributed by atoms with Crippen molar-refractivity contribution in [1.82, 2.24) is 10.6 Å². The molecule has 5 nitrogen and oxygen atoms in total. The van der Waals surface area contributed by atoms with E-state index in [1.54, 1.807) is 0 Å². The predicted octanol–water partition coefficient (Wildman–Crippen LogP) is -0.110. The largest absolute Gasteiger partial charge is 0.396 e. The van der Waals surface area contributed by atoms with Crippen molar-refractivity contribution in [2.45, 2.75) is 26.3 Å².